The van der Waals surface area contributed by atoms with Crippen molar-refractivity contribution in [3.63, 3.8) is 0 Å². The molecule has 0 radical (unpaired) electrons. The third-order valence-corrected chi connectivity index (χ3v) is 4.31. The molecule has 0 aliphatic carbocycles. The molecule has 0 bridgehead atoms. The maximum absolute atomic E-state index is 12.3. The van der Waals surface area contributed by atoms with Crippen molar-refractivity contribution in [1.29, 1.82) is 0 Å². The summed E-state index contributed by atoms with van der Waals surface area (Å²) in [6.45, 7) is 0. The Labute approximate surface area is 98.5 Å². The highest BCUT2D eigenvalue weighted by Crippen LogP contribution is 2.25. The van der Waals surface area contributed by atoms with Gasteiger partial charge in [0.1, 0.15) is 6.33 Å². The number of hydrogen-bond acceptors (Lipinski definition) is 4. The van der Waals surface area contributed by atoms with Crippen molar-refractivity contribution in [3.8, 4) is 0 Å². The molecule has 1 aliphatic rings. The van der Waals surface area contributed by atoms with Gasteiger partial charge in [-0.2, -0.15) is 0 Å². The first-order valence-electron chi connectivity index (χ1n) is 5.09. The van der Waals surface area contributed by atoms with E-state index in [-0.39, 0.29) is 4.90 Å². The summed E-state index contributed by atoms with van der Waals surface area (Å²) in [4.78, 5) is 8.24. The Balaban J connectivity index is 2.17. The van der Waals surface area contributed by atoms with Crippen LogP contribution in [0.3, 0.4) is 0 Å². The number of aromatic nitrogens is 2. The smallest absolute Gasteiger partial charge is 0.240 e. The van der Waals surface area contributed by atoms with E-state index in [1.165, 1.54) is 10.3 Å². The molecule has 6 heteroatoms. The lowest BCUT2D eigenvalue weighted by Crippen LogP contribution is -2.14. The number of aliphatic imine (C=N–C) groups is 1. The average Bonchev–Trinajstić information content (AvgIpc) is 2.91. The van der Waals surface area contributed by atoms with Gasteiger partial charge in [0.2, 0.25) is 0 Å². The molecule has 3 rings (SSSR count). The molecule has 0 unspecified atom stereocenters. The Hall–Kier alpha value is -1.95. The fourth-order valence-electron chi connectivity index (χ4n) is 1.77. The highest BCUT2D eigenvalue weighted by molar-refractivity contribution is 7.90. The molecule has 2 heterocycles. The Morgan fingerprint density at radius 1 is 1.18 bits per heavy atom. The van der Waals surface area contributed by atoms with E-state index in [9.17, 15) is 8.42 Å². The fraction of sp³-hybridized carbons (Fsp3) is 0.0909. The highest BCUT2D eigenvalue weighted by Gasteiger charge is 2.23. The van der Waals surface area contributed by atoms with E-state index >= 15 is 0 Å². The van der Waals surface area contributed by atoms with E-state index in [4.69, 9.17) is 0 Å². The van der Waals surface area contributed by atoms with Gasteiger partial charge >= 0.3 is 0 Å². The normalized spacial score (nSPS) is 13.9. The van der Waals surface area contributed by atoms with Crippen LogP contribution in [0.25, 0.3) is 0 Å². The lowest BCUT2D eigenvalue weighted by atomic mass is 10.4. The van der Waals surface area contributed by atoms with Gasteiger partial charge in [0, 0.05) is 12.6 Å². The minimum absolute atomic E-state index is 0.257. The summed E-state index contributed by atoms with van der Waals surface area (Å²) in [6, 6.07) is 8.30. The van der Waals surface area contributed by atoms with Gasteiger partial charge in [-0.15, -0.1) is 0 Å². The Bertz CT molecular complexity index is 687. The summed E-state index contributed by atoms with van der Waals surface area (Å²) in [5.41, 5.74) is 0.619. The van der Waals surface area contributed by atoms with Crippen molar-refractivity contribution >= 4 is 22.1 Å². The van der Waals surface area contributed by atoms with E-state index in [0.717, 1.165) is 0 Å². The minimum Gasteiger partial charge on any atom is -0.240 e. The zero-order valence-electron chi connectivity index (χ0n) is 8.81. The number of hydrogen-bond donors (Lipinski definition) is 0. The van der Waals surface area contributed by atoms with E-state index in [1.54, 1.807) is 36.5 Å². The predicted octanol–water partition coefficient (Wildman–Crippen LogP) is 1.38. The van der Waals surface area contributed by atoms with Crippen LogP contribution in [0.5, 0.6) is 0 Å². The zero-order chi connectivity index (χ0) is 11.9. The highest BCUT2D eigenvalue weighted by atomic mass is 32.2. The van der Waals surface area contributed by atoms with Gasteiger partial charge in [-0.3, -0.25) is 0 Å². The summed E-state index contributed by atoms with van der Waals surface area (Å²) in [7, 11) is -3.55. The monoisotopic (exact) mass is 247 g/mol. The molecule has 0 fully saturated rings. The SMILES string of the molecule is O=S(=O)(c1ccccc1)n1cnc2c1CC=N2. The molecular weight excluding hydrogens is 238 g/mol. The number of nitrogens with zero attached hydrogens (tertiary/aromatic N) is 3. The van der Waals surface area contributed by atoms with E-state index in [1.807, 2.05) is 0 Å². The van der Waals surface area contributed by atoms with E-state index < -0.39 is 10.0 Å². The molecule has 1 aromatic heterocycles. The summed E-state index contributed by atoms with van der Waals surface area (Å²) in [6.07, 6.45) is 3.47. The second-order valence-electron chi connectivity index (χ2n) is 3.64. The average molecular weight is 247 g/mol. The maximum atomic E-state index is 12.3. The molecular formula is C11H9N3O2S. The van der Waals surface area contributed by atoms with Gasteiger partial charge < -0.3 is 0 Å². The summed E-state index contributed by atoms with van der Waals surface area (Å²) < 4.78 is 25.8. The molecule has 0 atom stereocenters. The van der Waals surface area contributed by atoms with E-state index in [0.29, 0.717) is 17.9 Å². The summed E-state index contributed by atoms with van der Waals surface area (Å²) in [5, 5.41) is 0. The first-order chi connectivity index (χ1) is 8.19. The van der Waals surface area contributed by atoms with Crippen LogP contribution in [0.1, 0.15) is 5.69 Å². The standard InChI is InChI=1S/C11H9N3O2S/c15-17(16,9-4-2-1-3-5-9)14-8-13-11-10(14)6-7-12-11/h1-5,7-8H,6H2. The molecule has 0 N–H and O–H groups in total. The van der Waals surface area contributed by atoms with Gasteiger partial charge in [0.05, 0.1) is 10.6 Å². The van der Waals surface area contributed by atoms with Crippen LogP contribution >= 0.6 is 0 Å². The van der Waals surface area contributed by atoms with Gasteiger partial charge in [-0.25, -0.2) is 22.4 Å². The third-order valence-electron chi connectivity index (χ3n) is 2.61. The Morgan fingerprint density at radius 2 is 1.94 bits per heavy atom. The number of imidazole rings is 1. The van der Waals surface area contributed by atoms with Crippen molar-refractivity contribution in [2.45, 2.75) is 11.3 Å². The van der Waals surface area contributed by atoms with Crippen LogP contribution < -0.4 is 0 Å². The number of benzene rings is 1. The lowest BCUT2D eigenvalue weighted by Gasteiger charge is -2.06. The molecule has 1 aromatic carbocycles. The van der Waals surface area contributed by atoms with Crippen LogP contribution in [-0.2, 0) is 16.4 Å². The molecule has 0 amide bonds. The predicted molar refractivity (Wildman–Crippen MR) is 63.1 cm³/mol. The van der Waals surface area contributed by atoms with Crippen molar-refractivity contribution < 1.29 is 8.42 Å². The molecule has 0 saturated heterocycles. The second kappa shape index (κ2) is 3.53. The van der Waals surface area contributed by atoms with Crippen molar-refractivity contribution in [2.75, 3.05) is 0 Å². The first-order valence-corrected chi connectivity index (χ1v) is 6.53. The number of rotatable bonds is 2. The minimum atomic E-state index is -3.55. The molecule has 17 heavy (non-hydrogen) atoms. The van der Waals surface area contributed by atoms with Crippen LogP contribution in [0.4, 0.5) is 5.82 Å². The Kier molecular flexibility index (Phi) is 2.12. The van der Waals surface area contributed by atoms with Crippen LogP contribution in [-0.4, -0.2) is 23.6 Å². The Morgan fingerprint density at radius 3 is 2.71 bits per heavy atom. The van der Waals surface area contributed by atoms with Gasteiger partial charge in [-0.1, -0.05) is 18.2 Å². The molecule has 0 saturated carbocycles. The van der Waals surface area contributed by atoms with Crippen LogP contribution in [0.2, 0.25) is 0 Å². The summed E-state index contributed by atoms with van der Waals surface area (Å²) >= 11 is 0. The largest absolute Gasteiger partial charge is 0.269 e. The zero-order valence-corrected chi connectivity index (χ0v) is 9.63. The van der Waals surface area contributed by atoms with Crippen molar-refractivity contribution in [3.05, 3.63) is 42.4 Å². The maximum Gasteiger partial charge on any atom is 0.269 e. The quantitative estimate of drug-likeness (QED) is 0.805. The van der Waals surface area contributed by atoms with Crippen molar-refractivity contribution in [2.24, 2.45) is 4.99 Å². The van der Waals surface area contributed by atoms with Crippen LogP contribution in [0, 0.1) is 0 Å². The first kappa shape index (κ1) is 10.2. The van der Waals surface area contributed by atoms with Gasteiger partial charge in [0.25, 0.3) is 10.0 Å². The van der Waals surface area contributed by atoms with Gasteiger partial charge in [0.15, 0.2) is 5.82 Å². The molecule has 0 spiro atoms. The lowest BCUT2D eigenvalue weighted by molar-refractivity contribution is 0.586. The van der Waals surface area contributed by atoms with E-state index in [2.05, 4.69) is 9.98 Å². The molecule has 5 nitrogen and oxygen atoms in total. The summed E-state index contributed by atoms with van der Waals surface area (Å²) in [5.74, 6) is 0.490. The third kappa shape index (κ3) is 1.49. The van der Waals surface area contributed by atoms with Crippen molar-refractivity contribution in [1.82, 2.24) is 8.96 Å². The fourth-order valence-corrected chi connectivity index (χ4v) is 3.12. The molecule has 86 valence electrons. The van der Waals surface area contributed by atoms with Crippen LogP contribution in [0.15, 0.2) is 46.5 Å². The molecule has 2 aromatic rings. The molecule has 1 aliphatic heterocycles. The number of fused-ring (bicyclic) bond motifs is 1. The second-order valence-corrected chi connectivity index (χ2v) is 5.46. The van der Waals surface area contributed by atoms with Gasteiger partial charge in [-0.05, 0) is 12.1 Å². The topological polar surface area (TPSA) is 64.3 Å².